The molecule has 2 heterocycles. The van der Waals surface area contributed by atoms with Crippen LogP contribution in [0.2, 0.25) is 0 Å². The maximum atomic E-state index is 13.7. The summed E-state index contributed by atoms with van der Waals surface area (Å²) in [5.41, 5.74) is 1.30. The molecule has 11 nitrogen and oxygen atoms in total. The van der Waals surface area contributed by atoms with Crippen molar-refractivity contribution in [2.45, 2.75) is 38.8 Å². The van der Waals surface area contributed by atoms with Crippen molar-refractivity contribution >= 4 is 29.2 Å². The van der Waals surface area contributed by atoms with Crippen LogP contribution in [0.25, 0.3) is 0 Å². The van der Waals surface area contributed by atoms with Crippen molar-refractivity contribution in [1.29, 1.82) is 0 Å². The average Bonchev–Trinajstić information content (AvgIpc) is 2.99. The number of anilines is 2. The molecule has 0 bridgehead atoms. The zero-order valence-electron chi connectivity index (χ0n) is 24.1. The van der Waals surface area contributed by atoms with Gasteiger partial charge in [-0.2, -0.15) is 0 Å². The van der Waals surface area contributed by atoms with Crippen LogP contribution in [0.5, 0.6) is 11.5 Å². The molecule has 222 valence electrons. The largest absolute Gasteiger partial charge is 0.497 e. The fourth-order valence-corrected chi connectivity index (χ4v) is 5.00. The molecule has 1 fully saturated rings. The van der Waals surface area contributed by atoms with E-state index in [1.54, 1.807) is 68.4 Å². The summed E-state index contributed by atoms with van der Waals surface area (Å²) in [5.74, 6) is 0.0886. The topological polar surface area (TPSA) is 130 Å². The Bertz CT molecular complexity index is 1220. The van der Waals surface area contributed by atoms with Crippen LogP contribution in [0.4, 0.5) is 16.2 Å². The molecule has 0 aromatic heterocycles. The highest BCUT2D eigenvalue weighted by Crippen LogP contribution is 2.35. The number of hydrogen-bond donors (Lipinski definition) is 3. The number of likely N-dealkylation sites (N-methyl/N-ethyl adjacent to an activating group) is 1. The number of urea groups is 1. The number of carbonyl (C=O) groups is 3. The van der Waals surface area contributed by atoms with Gasteiger partial charge in [0.2, 0.25) is 5.91 Å². The minimum absolute atomic E-state index is 0.152. The molecule has 1 saturated heterocycles. The second-order valence-corrected chi connectivity index (χ2v) is 10.7. The van der Waals surface area contributed by atoms with Gasteiger partial charge in [0.1, 0.15) is 11.9 Å². The van der Waals surface area contributed by atoms with Crippen LogP contribution >= 0.6 is 0 Å². The van der Waals surface area contributed by atoms with E-state index in [1.165, 1.54) is 4.90 Å². The fraction of sp³-hybridized carbons (Fsp3) is 0.500. The summed E-state index contributed by atoms with van der Waals surface area (Å²) in [6.07, 6.45) is 0.717. The smallest absolute Gasteiger partial charge is 0.321 e. The first-order valence-corrected chi connectivity index (χ1v) is 14.0. The first-order chi connectivity index (χ1) is 19.7. The van der Waals surface area contributed by atoms with Crippen molar-refractivity contribution in [2.24, 2.45) is 11.8 Å². The quantitative estimate of drug-likeness (QED) is 0.445. The van der Waals surface area contributed by atoms with E-state index in [9.17, 15) is 19.5 Å². The number of benzene rings is 2. The van der Waals surface area contributed by atoms with Crippen LogP contribution in [0, 0.1) is 11.8 Å². The molecule has 2 aromatic carbocycles. The second-order valence-electron chi connectivity index (χ2n) is 10.7. The molecule has 3 N–H and O–H groups in total. The molecule has 0 aliphatic carbocycles. The summed E-state index contributed by atoms with van der Waals surface area (Å²) < 4.78 is 17.1. The molecule has 2 aliphatic rings. The standard InChI is InChI=1S/C30H40N4O7/c1-19-16-34(20(2)18-35)29(37)24-6-5-7-25(32-28(36)21-12-14-40-15-13-21)27(24)41-26(19)17-33(3)30(38)31-22-8-10-23(39-4)11-9-22/h5-11,19-21,26,35H,12-18H2,1-4H3,(H,31,38)(H,32,36)/t19-,20+,26-/m1/s1. The summed E-state index contributed by atoms with van der Waals surface area (Å²) in [4.78, 5) is 43.0. The molecule has 0 saturated carbocycles. The minimum Gasteiger partial charge on any atom is -0.497 e. The second kappa shape index (κ2) is 13.7. The van der Waals surface area contributed by atoms with Gasteiger partial charge in [0.15, 0.2) is 5.75 Å². The Hall–Kier alpha value is -3.83. The Morgan fingerprint density at radius 3 is 2.51 bits per heavy atom. The molecule has 4 rings (SSSR count). The van der Waals surface area contributed by atoms with Gasteiger partial charge >= 0.3 is 6.03 Å². The zero-order valence-corrected chi connectivity index (χ0v) is 24.1. The van der Waals surface area contributed by atoms with Crippen molar-refractivity contribution in [3.8, 4) is 11.5 Å². The summed E-state index contributed by atoms with van der Waals surface area (Å²) in [7, 11) is 3.25. The van der Waals surface area contributed by atoms with Crippen molar-refractivity contribution < 1.29 is 33.7 Å². The van der Waals surface area contributed by atoms with Crippen LogP contribution < -0.4 is 20.1 Å². The Balaban J connectivity index is 1.60. The highest BCUT2D eigenvalue weighted by molar-refractivity contribution is 6.02. The molecule has 0 unspecified atom stereocenters. The lowest BCUT2D eigenvalue weighted by Gasteiger charge is -2.38. The van der Waals surface area contributed by atoms with Gasteiger partial charge in [0.05, 0.1) is 37.6 Å². The summed E-state index contributed by atoms with van der Waals surface area (Å²) in [6, 6.07) is 11.3. The Morgan fingerprint density at radius 2 is 1.85 bits per heavy atom. The number of methoxy groups -OCH3 is 1. The van der Waals surface area contributed by atoms with E-state index in [1.807, 2.05) is 6.92 Å². The third-order valence-corrected chi connectivity index (χ3v) is 7.68. The number of ether oxygens (including phenoxy) is 3. The number of nitrogens with one attached hydrogen (secondary N) is 2. The highest BCUT2D eigenvalue weighted by atomic mass is 16.5. The van der Waals surface area contributed by atoms with Crippen molar-refractivity contribution in [1.82, 2.24) is 9.80 Å². The lowest BCUT2D eigenvalue weighted by atomic mass is 9.98. The SMILES string of the molecule is COc1ccc(NC(=O)N(C)C[C@H]2Oc3c(NC(=O)C4CCOCC4)cccc3C(=O)N([C@@H](C)CO)C[C@H]2C)cc1. The molecule has 3 atom stereocenters. The van der Waals surface area contributed by atoms with Gasteiger partial charge in [0, 0.05) is 44.3 Å². The van der Waals surface area contributed by atoms with E-state index in [2.05, 4.69) is 10.6 Å². The Kier molecular flexibility index (Phi) is 10.1. The van der Waals surface area contributed by atoms with E-state index in [0.717, 1.165) is 0 Å². The number of rotatable bonds is 8. The molecule has 41 heavy (non-hydrogen) atoms. The van der Waals surface area contributed by atoms with Crippen molar-refractivity contribution in [2.75, 3.05) is 57.7 Å². The average molecular weight is 569 g/mol. The van der Waals surface area contributed by atoms with Gasteiger partial charge in [-0.1, -0.05) is 13.0 Å². The summed E-state index contributed by atoms with van der Waals surface area (Å²) in [6.45, 7) is 5.10. The number of nitrogens with zero attached hydrogens (tertiary/aromatic N) is 2. The fourth-order valence-electron chi connectivity index (χ4n) is 5.00. The van der Waals surface area contributed by atoms with Gasteiger partial charge < -0.3 is 39.8 Å². The molecule has 0 spiro atoms. The van der Waals surface area contributed by atoms with Gasteiger partial charge in [-0.3, -0.25) is 9.59 Å². The van der Waals surface area contributed by atoms with Crippen molar-refractivity contribution in [3.05, 3.63) is 48.0 Å². The monoisotopic (exact) mass is 568 g/mol. The number of carbonyl (C=O) groups excluding carboxylic acids is 3. The first-order valence-electron chi connectivity index (χ1n) is 14.0. The van der Waals surface area contributed by atoms with E-state index in [4.69, 9.17) is 14.2 Å². The van der Waals surface area contributed by atoms with E-state index in [0.29, 0.717) is 49.7 Å². The lowest BCUT2D eigenvalue weighted by molar-refractivity contribution is -0.122. The Labute approximate surface area is 240 Å². The molecular weight excluding hydrogens is 528 g/mol. The number of hydrogen-bond acceptors (Lipinski definition) is 7. The first kappa shape index (κ1) is 30.1. The number of fused-ring (bicyclic) bond motifs is 1. The predicted molar refractivity (Wildman–Crippen MR) is 154 cm³/mol. The highest BCUT2D eigenvalue weighted by Gasteiger charge is 2.35. The molecule has 2 aliphatic heterocycles. The van der Waals surface area contributed by atoms with E-state index in [-0.39, 0.29) is 54.1 Å². The predicted octanol–water partition coefficient (Wildman–Crippen LogP) is 3.44. The third-order valence-electron chi connectivity index (χ3n) is 7.68. The zero-order chi connectivity index (χ0) is 29.5. The summed E-state index contributed by atoms with van der Waals surface area (Å²) in [5, 5.41) is 15.8. The normalized spacial score (nSPS) is 20.1. The number of aliphatic hydroxyl groups excluding tert-OH is 1. The van der Waals surface area contributed by atoms with E-state index >= 15 is 0 Å². The molecule has 4 amide bonds. The van der Waals surface area contributed by atoms with Crippen molar-refractivity contribution in [3.63, 3.8) is 0 Å². The third kappa shape index (κ3) is 7.28. The maximum absolute atomic E-state index is 13.7. The van der Waals surface area contributed by atoms with Crippen LogP contribution in [0.15, 0.2) is 42.5 Å². The van der Waals surface area contributed by atoms with Gasteiger partial charge in [-0.25, -0.2) is 4.79 Å². The minimum atomic E-state index is -0.525. The molecule has 0 radical (unpaired) electrons. The van der Waals surface area contributed by atoms with E-state index < -0.39 is 12.1 Å². The van der Waals surface area contributed by atoms with Crippen LogP contribution in [-0.4, -0.2) is 92.0 Å². The lowest BCUT2D eigenvalue weighted by Crippen LogP contribution is -2.50. The van der Waals surface area contributed by atoms with Crippen LogP contribution in [0.1, 0.15) is 37.0 Å². The molecule has 2 aromatic rings. The molecular formula is C30H40N4O7. The van der Waals surface area contributed by atoms with Gasteiger partial charge in [-0.15, -0.1) is 0 Å². The maximum Gasteiger partial charge on any atom is 0.321 e. The van der Waals surface area contributed by atoms with Crippen LogP contribution in [-0.2, 0) is 9.53 Å². The Morgan fingerprint density at radius 1 is 1.15 bits per heavy atom. The van der Waals surface area contributed by atoms with Crippen LogP contribution in [0.3, 0.4) is 0 Å². The number of aliphatic hydroxyl groups is 1. The van der Waals surface area contributed by atoms with Gasteiger partial charge in [0.25, 0.3) is 5.91 Å². The summed E-state index contributed by atoms with van der Waals surface area (Å²) >= 11 is 0. The number of amides is 4. The number of para-hydroxylation sites is 1. The molecule has 11 heteroatoms. The van der Waals surface area contributed by atoms with Gasteiger partial charge in [-0.05, 0) is 56.2 Å².